The van der Waals surface area contributed by atoms with E-state index in [0.717, 1.165) is 64.2 Å². The molecule has 0 aromatic heterocycles. The molecule has 326 valence electrons. The van der Waals surface area contributed by atoms with Crippen molar-refractivity contribution in [2.75, 3.05) is 13.2 Å². The zero-order chi connectivity index (χ0) is 40.9. The maximum atomic E-state index is 12.9. The number of aliphatic hydroxyl groups is 5. The minimum absolute atomic E-state index is 0.202. The van der Waals surface area contributed by atoms with Crippen LogP contribution in [-0.4, -0.2) is 87.5 Å². The highest BCUT2D eigenvalue weighted by molar-refractivity contribution is 5.76. The number of allylic oxidation sites excluding steroid dienone is 7. The number of unbranched alkanes of at least 4 members (excludes halogenated alkanes) is 21. The van der Waals surface area contributed by atoms with Crippen LogP contribution < -0.4 is 5.32 Å². The molecule has 1 amide bonds. The van der Waals surface area contributed by atoms with Crippen molar-refractivity contribution in [2.45, 2.75) is 230 Å². The van der Waals surface area contributed by atoms with Gasteiger partial charge in [0.1, 0.15) is 24.4 Å². The number of amides is 1. The van der Waals surface area contributed by atoms with Crippen LogP contribution in [0.2, 0.25) is 0 Å². The number of carbonyl (C=O) groups is 1. The average Bonchev–Trinajstić information content (AvgIpc) is 3.20. The summed E-state index contributed by atoms with van der Waals surface area (Å²) in [5, 5.41) is 54.1. The van der Waals surface area contributed by atoms with Crippen LogP contribution >= 0.6 is 0 Å². The van der Waals surface area contributed by atoms with E-state index < -0.39 is 49.5 Å². The molecule has 7 unspecified atom stereocenters. The summed E-state index contributed by atoms with van der Waals surface area (Å²) in [6, 6.07) is -0.828. The molecule has 6 N–H and O–H groups in total. The van der Waals surface area contributed by atoms with Crippen molar-refractivity contribution in [1.29, 1.82) is 0 Å². The lowest BCUT2D eigenvalue weighted by Crippen LogP contribution is -2.60. The van der Waals surface area contributed by atoms with Crippen molar-refractivity contribution in [3.05, 3.63) is 48.6 Å². The summed E-state index contributed by atoms with van der Waals surface area (Å²) in [6.07, 6.45) is 40.1. The molecule has 0 radical (unpaired) electrons. The standard InChI is InChI=1S/C47H85NO8/c1-3-5-7-9-11-13-15-17-19-21-22-24-26-28-30-32-34-36-41(50)40(39-55-47-46(54)45(53)44(52)42(38-49)56-47)48-43(51)37-35-33-31-29-27-25-23-20-18-16-14-12-10-8-6-4-2/h14,16,20,23,26,28,34,36,40-42,44-47,49-50,52-54H,3-13,15,17-19,21-22,24-25,27,29-33,35,37-39H2,1-2H3,(H,48,51)/b16-14-,23-20-,28-26+,36-34+. The molecule has 1 aliphatic heterocycles. The molecular formula is C47H85NO8. The largest absolute Gasteiger partial charge is 0.394 e. The number of hydrogen-bond donors (Lipinski definition) is 6. The highest BCUT2D eigenvalue weighted by atomic mass is 16.7. The van der Waals surface area contributed by atoms with Gasteiger partial charge in [-0.05, 0) is 64.2 Å². The SMILES string of the molecule is CCCCCC/C=C\C/C=C\CCCCCCCC(=O)NC(COC1OC(CO)C(O)C(O)C1O)C(O)/C=C/CC/C=C/CCCCCCCCCCCCC. The van der Waals surface area contributed by atoms with Gasteiger partial charge in [0, 0.05) is 6.42 Å². The van der Waals surface area contributed by atoms with Crippen LogP contribution in [-0.2, 0) is 14.3 Å². The molecule has 1 saturated heterocycles. The van der Waals surface area contributed by atoms with Gasteiger partial charge in [-0.2, -0.15) is 0 Å². The van der Waals surface area contributed by atoms with Crippen molar-refractivity contribution in [3.8, 4) is 0 Å². The molecule has 9 nitrogen and oxygen atoms in total. The molecule has 0 bridgehead atoms. The molecule has 1 heterocycles. The molecule has 9 heteroatoms. The van der Waals surface area contributed by atoms with Crippen molar-refractivity contribution in [3.63, 3.8) is 0 Å². The fourth-order valence-corrected chi connectivity index (χ4v) is 6.91. The Morgan fingerprint density at radius 1 is 0.607 bits per heavy atom. The Balaban J connectivity index is 2.41. The van der Waals surface area contributed by atoms with E-state index in [0.29, 0.717) is 6.42 Å². The van der Waals surface area contributed by atoms with Crippen LogP contribution in [0.1, 0.15) is 187 Å². The average molecular weight is 792 g/mol. The van der Waals surface area contributed by atoms with E-state index in [2.05, 4.69) is 55.6 Å². The Kier molecular flexibility index (Phi) is 34.9. The Labute approximate surface area is 342 Å². The van der Waals surface area contributed by atoms with Crippen LogP contribution in [0.15, 0.2) is 48.6 Å². The third kappa shape index (κ3) is 27.7. The van der Waals surface area contributed by atoms with E-state index >= 15 is 0 Å². The van der Waals surface area contributed by atoms with Crippen molar-refractivity contribution in [1.82, 2.24) is 5.32 Å². The summed E-state index contributed by atoms with van der Waals surface area (Å²) < 4.78 is 11.2. The molecule has 0 aliphatic carbocycles. The summed E-state index contributed by atoms with van der Waals surface area (Å²) in [5.74, 6) is -0.202. The maximum Gasteiger partial charge on any atom is 0.220 e. The topological polar surface area (TPSA) is 149 Å². The normalized spacial score (nSPS) is 21.6. The van der Waals surface area contributed by atoms with Crippen LogP contribution in [0, 0.1) is 0 Å². The van der Waals surface area contributed by atoms with E-state index in [1.807, 2.05) is 6.08 Å². The Bertz CT molecular complexity index is 1010. The molecule has 7 atom stereocenters. The first-order valence-electron chi connectivity index (χ1n) is 22.9. The minimum Gasteiger partial charge on any atom is -0.394 e. The van der Waals surface area contributed by atoms with Crippen molar-refractivity contribution in [2.24, 2.45) is 0 Å². The van der Waals surface area contributed by atoms with E-state index in [4.69, 9.17) is 9.47 Å². The van der Waals surface area contributed by atoms with Crippen molar-refractivity contribution >= 4 is 5.91 Å². The summed E-state index contributed by atoms with van der Waals surface area (Å²) in [4.78, 5) is 12.9. The number of carbonyl (C=O) groups excluding carboxylic acids is 1. The monoisotopic (exact) mass is 792 g/mol. The second-order valence-corrected chi connectivity index (χ2v) is 15.8. The molecule has 0 aromatic carbocycles. The summed E-state index contributed by atoms with van der Waals surface area (Å²) in [6.45, 7) is 3.72. The summed E-state index contributed by atoms with van der Waals surface area (Å²) in [7, 11) is 0. The predicted molar refractivity (Wildman–Crippen MR) is 230 cm³/mol. The van der Waals surface area contributed by atoms with Crippen LogP contribution in [0.4, 0.5) is 0 Å². The number of ether oxygens (including phenoxy) is 2. The molecule has 56 heavy (non-hydrogen) atoms. The van der Waals surface area contributed by atoms with Crippen LogP contribution in [0.5, 0.6) is 0 Å². The Morgan fingerprint density at radius 2 is 1.07 bits per heavy atom. The first-order chi connectivity index (χ1) is 27.3. The fraction of sp³-hybridized carbons (Fsp3) is 0.809. The lowest BCUT2D eigenvalue weighted by atomic mass is 9.99. The van der Waals surface area contributed by atoms with Gasteiger partial charge in [-0.15, -0.1) is 0 Å². The zero-order valence-electron chi connectivity index (χ0n) is 35.6. The highest BCUT2D eigenvalue weighted by Gasteiger charge is 2.44. The van der Waals surface area contributed by atoms with Gasteiger partial charge in [-0.25, -0.2) is 0 Å². The van der Waals surface area contributed by atoms with E-state index in [-0.39, 0.29) is 12.5 Å². The maximum absolute atomic E-state index is 12.9. The first-order valence-corrected chi connectivity index (χ1v) is 22.9. The molecular weight excluding hydrogens is 707 g/mol. The minimum atomic E-state index is -1.57. The molecule has 1 fully saturated rings. The third-order valence-electron chi connectivity index (χ3n) is 10.6. The van der Waals surface area contributed by atoms with Crippen LogP contribution in [0.25, 0.3) is 0 Å². The zero-order valence-corrected chi connectivity index (χ0v) is 35.6. The molecule has 0 spiro atoms. The molecule has 1 rings (SSSR count). The first kappa shape index (κ1) is 52.2. The Hall–Kier alpha value is -1.85. The Morgan fingerprint density at radius 3 is 1.62 bits per heavy atom. The van der Waals surface area contributed by atoms with Gasteiger partial charge < -0.3 is 40.3 Å². The quantitative estimate of drug-likeness (QED) is 0.0269. The predicted octanol–water partition coefficient (Wildman–Crippen LogP) is 9.45. The molecule has 1 aliphatic rings. The second-order valence-electron chi connectivity index (χ2n) is 15.8. The van der Waals surface area contributed by atoms with Gasteiger partial charge in [-0.3, -0.25) is 4.79 Å². The summed E-state index contributed by atoms with van der Waals surface area (Å²) in [5.41, 5.74) is 0. The highest BCUT2D eigenvalue weighted by Crippen LogP contribution is 2.22. The number of rotatable bonds is 37. The van der Waals surface area contributed by atoms with Gasteiger partial charge in [0.25, 0.3) is 0 Å². The van der Waals surface area contributed by atoms with Crippen molar-refractivity contribution < 1.29 is 39.8 Å². The van der Waals surface area contributed by atoms with E-state index in [9.17, 15) is 30.3 Å². The molecule has 0 aromatic rings. The van der Waals surface area contributed by atoms with Crippen LogP contribution in [0.3, 0.4) is 0 Å². The lowest BCUT2D eigenvalue weighted by molar-refractivity contribution is -0.302. The van der Waals surface area contributed by atoms with Gasteiger partial charge in [0.15, 0.2) is 6.29 Å². The van der Waals surface area contributed by atoms with Gasteiger partial charge in [0.2, 0.25) is 5.91 Å². The smallest absolute Gasteiger partial charge is 0.220 e. The van der Waals surface area contributed by atoms with Gasteiger partial charge in [0.05, 0.1) is 25.4 Å². The number of hydrogen-bond acceptors (Lipinski definition) is 8. The van der Waals surface area contributed by atoms with E-state index in [1.54, 1.807) is 6.08 Å². The van der Waals surface area contributed by atoms with E-state index in [1.165, 1.54) is 103 Å². The lowest BCUT2D eigenvalue weighted by Gasteiger charge is -2.40. The molecule has 0 saturated carbocycles. The fourth-order valence-electron chi connectivity index (χ4n) is 6.91. The summed E-state index contributed by atoms with van der Waals surface area (Å²) >= 11 is 0. The third-order valence-corrected chi connectivity index (χ3v) is 10.6. The van der Waals surface area contributed by atoms with Gasteiger partial charge >= 0.3 is 0 Å². The van der Waals surface area contributed by atoms with Gasteiger partial charge in [-0.1, -0.05) is 165 Å². The second kappa shape index (κ2) is 37.4. The number of nitrogens with one attached hydrogen (secondary N) is 1. The number of aliphatic hydroxyl groups excluding tert-OH is 5.